The Balaban J connectivity index is 2.38. The molecule has 2 aromatic heterocycles. The van der Waals surface area contributed by atoms with Gasteiger partial charge >= 0.3 is 0 Å². The first-order valence-corrected chi connectivity index (χ1v) is 6.39. The zero-order valence-electron chi connectivity index (χ0n) is 11.5. The first-order chi connectivity index (χ1) is 9.13. The van der Waals surface area contributed by atoms with Crippen molar-refractivity contribution >= 4 is 5.82 Å². The Morgan fingerprint density at radius 2 is 1.89 bits per heavy atom. The molecule has 5 heteroatoms. The molecule has 2 aromatic rings. The van der Waals surface area contributed by atoms with Crippen LogP contribution in [0.3, 0.4) is 0 Å². The molecule has 0 aliphatic rings. The number of hydrogen-bond acceptors (Lipinski definition) is 5. The van der Waals surface area contributed by atoms with Gasteiger partial charge in [0, 0.05) is 12.3 Å². The summed E-state index contributed by atoms with van der Waals surface area (Å²) in [6.07, 6.45) is 3.14. The molecule has 2 heterocycles. The van der Waals surface area contributed by atoms with Gasteiger partial charge in [-0.15, -0.1) is 0 Å². The molecule has 5 nitrogen and oxygen atoms in total. The van der Waals surface area contributed by atoms with Crippen LogP contribution in [0.15, 0.2) is 18.3 Å². The Labute approximate surface area is 112 Å². The largest absolute Gasteiger partial charge is 0.419 e. The highest BCUT2D eigenvalue weighted by Gasteiger charge is 2.12. The molecule has 2 rings (SSSR count). The Kier molecular flexibility index (Phi) is 3.94. The first-order valence-electron chi connectivity index (χ1n) is 6.39. The van der Waals surface area contributed by atoms with Crippen molar-refractivity contribution in [1.29, 1.82) is 0 Å². The van der Waals surface area contributed by atoms with Crippen molar-refractivity contribution in [3.63, 3.8) is 0 Å². The van der Waals surface area contributed by atoms with Crippen LogP contribution < -0.4 is 10.5 Å². The lowest BCUT2D eigenvalue weighted by Crippen LogP contribution is -2.06. The number of hydrogen-bond donors (Lipinski definition) is 1. The second-order valence-electron chi connectivity index (χ2n) is 4.29. The summed E-state index contributed by atoms with van der Waals surface area (Å²) in [5, 5.41) is 0. The SMILES string of the molecule is CCc1nc(Oc2cc(C)ccn2)c(CC)nc1N. The van der Waals surface area contributed by atoms with Crippen LogP contribution in [0.2, 0.25) is 0 Å². The summed E-state index contributed by atoms with van der Waals surface area (Å²) in [5.74, 6) is 1.49. The summed E-state index contributed by atoms with van der Waals surface area (Å²) in [4.78, 5) is 12.9. The second-order valence-corrected chi connectivity index (χ2v) is 4.29. The van der Waals surface area contributed by atoms with Gasteiger partial charge in [-0.1, -0.05) is 13.8 Å². The van der Waals surface area contributed by atoms with Gasteiger partial charge in [0.05, 0.1) is 5.69 Å². The number of nitrogens with zero attached hydrogens (tertiary/aromatic N) is 3. The van der Waals surface area contributed by atoms with Gasteiger partial charge in [0.1, 0.15) is 11.5 Å². The van der Waals surface area contributed by atoms with Crippen LogP contribution in [0.4, 0.5) is 5.82 Å². The van der Waals surface area contributed by atoms with Crippen molar-refractivity contribution in [2.75, 3.05) is 5.73 Å². The highest BCUT2D eigenvalue weighted by Crippen LogP contribution is 2.24. The van der Waals surface area contributed by atoms with E-state index in [1.54, 1.807) is 6.20 Å². The van der Waals surface area contributed by atoms with Crippen molar-refractivity contribution < 1.29 is 4.74 Å². The maximum absolute atomic E-state index is 5.85. The molecule has 0 unspecified atom stereocenters. The van der Waals surface area contributed by atoms with Crippen LogP contribution in [0.5, 0.6) is 11.8 Å². The van der Waals surface area contributed by atoms with Crippen LogP contribution in [0.25, 0.3) is 0 Å². The monoisotopic (exact) mass is 258 g/mol. The fraction of sp³-hybridized carbons (Fsp3) is 0.357. The third-order valence-electron chi connectivity index (χ3n) is 2.80. The number of aromatic nitrogens is 3. The number of nitrogen functional groups attached to an aromatic ring is 1. The molecular formula is C14H18N4O. The summed E-state index contributed by atoms with van der Waals surface area (Å²) in [6.45, 7) is 5.97. The van der Waals surface area contributed by atoms with Crippen molar-refractivity contribution in [2.24, 2.45) is 0 Å². The Bertz CT molecular complexity index is 584. The normalized spacial score (nSPS) is 10.5. The average molecular weight is 258 g/mol. The molecule has 0 atom stereocenters. The van der Waals surface area contributed by atoms with Crippen molar-refractivity contribution in [3.05, 3.63) is 35.3 Å². The van der Waals surface area contributed by atoms with E-state index in [2.05, 4.69) is 15.0 Å². The van der Waals surface area contributed by atoms with Crippen LogP contribution in [0.1, 0.15) is 30.8 Å². The third-order valence-corrected chi connectivity index (χ3v) is 2.80. The molecule has 0 saturated carbocycles. The third kappa shape index (κ3) is 2.99. The minimum atomic E-state index is 0.476. The first kappa shape index (κ1) is 13.3. The van der Waals surface area contributed by atoms with Crippen molar-refractivity contribution in [3.8, 4) is 11.8 Å². The van der Waals surface area contributed by atoms with E-state index in [9.17, 15) is 0 Å². The van der Waals surface area contributed by atoms with Crippen LogP contribution in [-0.2, 0) is 12.8 Å². The van der Waals surface area contributed by atoms with E-state index >= 15 is 0 Å². The molecular weight excluding hydrogens is 240 g/mol. The lowest BCUT2D eigenvalue weighted by atomic mass is 10.3. The number of rotatable bonds is 4. The number of aryl methyl sites for hydroxylation is 3. The van der Waals surface area contributed by atoms with E-state index in [-0.39, 0.29) is 0 Å². The zero-order chi connectivity index (χ0) is 13.8. The summed E-state index contributed by atoms with van der Waals surface area (Å²) < 4.78 is 5.74. The highest BCUT2D eigenvalue weighted by molar-refractivity contribution is 5.40. The van der Waals surface area contributed by atoms with Gasteiger partial charge in [-0.2, -0.15) is 0 Å². The average Bonchev–Trinajstić information content (AvgIpc) is 2.40. The smallest absolute Gasteiger partial charge is 0.243 e. The molecule has 0 saturated heterocycles. The Morgan fingerprint density at radius 1 is 1.16 bits per heavy atom. The van der Waals surface area contributed by atoms with Gasteiger partial charge in [-0.25, -0.2) is 15.0 Å². The molecule has 0 spiro atoms. The summed E-state index contributed by atoms with van der Waals surface area (Å²) >= 11 is 0. The molecule has 0 aromatic carbocycles. The number of nitrogens with two attached hydrogens (primary N) is 1. The lowest BCUT2D eigenvalue weighted by Gasteiger charge is -2.11. The van der Waals surface area contributed by atoms with Gasteiger partial charge < -0.3 is 10.5 Å². The van der Waals surface area contributed by atoms with E-state index in [0.29, 0.717) is 24.0 Å². The molecule has 0 aliphatic heterocycles. The molecule has 0 aliphatic carbocycles. The predicted molar refractivity (Wildman–Crippen MR) is 74.2 cm³/mol. The van der Waals surface area contributed by atoms with E-state index < -0.39 is 0 Å². The van der Waals surface area contributed by atoms with Gasteiger partial charge in [0.2, 0.25) is 11.8 Å². The minimum Gasteiger partial charge on any atom is -0.419 e. The molecule has 2 N–H and O–H groups in total. The zero-order valence-corrected chi connectivity index (χ0v) is 11.5. The predicted octanol–water partition coefficient (Wildman–Crippen LogP) is 2.68. The van der Waals surface area contributed by atoms with Gasteiger partial charge in [0.15, 0.2) is 0 Å². The molecule has 100 valence electrons. The van der Waals surface area contributed by atoms with E-state index in [1.165, 1.54) is 0 Å². The maximum Gasteiger partial charge on any atom is 0.243 e. The molecule has 0 amide bonds. The highest BCUT2D eigenvalue weighted by atomic mass is 16.5. The number of pyridine rings is 1. The molecule has 19 heavy (non-hydrogen) atoms. The van der Waals surface area contributed by atoms with Gasteiger partial charge in [-0.3, -0.25) is 0 Å². The molecule has 0 fully saturated rings. The quantitative estimate of drug-likeness (QED) is 0.912. The van der Waals surface area contributed by atoms with E-state index in [1.807, 2.05) is 32.9 Å². The number of anilines is 1. The number of ether oxygens (including phenoxy) is 1. The second kappa shape index (κ2) is 5.65. The summed E-state index contributed by atoms with van der Waals surface area (Å²) in [5.41, 5.74) is 8.43. The standard InChI is InChI=1S/C14H18N4O/c1-4-10-13(15)17-11(5-2)14(18-10)19-12-8-9(3)6-7-16-12/h6-8H,4-5H2,1-3H3,(H2,15,17). The van der Waals surface area contributed by atoms with Crippen LogP contribution >= 0.6 is 0 Å². The van der Waals surface area contributed by atoms with Crippen molar-refractivity contribution in [2.45, 2.75) is 33.6 Å². The van der Waals surface area contributed by atoms with E-state index in [4.69, 9.17) is 10.5 Å². The summed E-state index contributed by atoms with van der Waals surface area (Å²) in [7, 11) is 0. The fourth-order valence-corrected chi connectivity index (χ4v) is 1.74. The Hall–Kier alpha value is -2.17. The Morgan fingerprint density at radius 3 is 2.53 bits per heavy atom. The van der Waals surface area contributed by atoms with Crippen LogP contribution in [-0.4, -0.2) is 15.0 Å². The lowest BCUT2D eigenvalue weighted by molar-refractivity contribution is 0.433. The van der Waals surface area contributed by atoms with Gasteiger partial charge in [-0.05, 0) is 31.4 Å². The maximum atomic E-state index is 5.85. The topological polar surface area (TPSA) is 73.9 Å². The fourth-order valence-electron chi connectivity index (χ4n) is 1.74. The van der Waals surface area contributed by atoms with E-state index in [0.717, 1.165) is 23.4 Å². The molecule has 0 radical (unpaired) electrons. The van der Waals surface area contributed by atoms with Gasteiger partial charge in [0.25, 0.3) is 0 Å². The molecule has 0 bridgehead atoms. The van der Waals surface area contributed by atoms with Crippen molar-refractivity contribution in [1.82, 2.24) is 15.0 Å². The summed E-state index contributed by atoms with van der Waals surface area (Å²) in [6, 6.07) is 3.78. The minimum absolute atomic E-state index is 0.476. The van der Waals surface area contributed by atoms with Crippen LogP contribution in [0, 0.1) is 6.92 Å².